The smallest absolute Gasteiger partial charge is 0.293 e. The third kappa shape index (κ3) is 9.63. The number of allylic oxidation sites excluding steroid dienone is 1. The number of nitro benzene ring substituents is 1. The van der Waals surface area contributed by atoms with Gasteiger partial charge in [-0.1, -0.05) is 43.2 Å². The normalized spacial score (nSPS) is 20.3. The number of hydrogen-bond donors (Lipinski definition) is 3. The number of alkyl halides is 1. The van der Waals surface area contributed by atoms with Gasteiger partial charge in [-0.15, -0.1) is 0 Å². The fraction of sp³-hybridized carbons (Fsp3) is 0.391. The van der Waals surface area contributed by atoms with E-state index in [0.717, 1.165) is 86.3 Å². The number of nitrogens with zero attached hydrogens (tertiary/aromatic N) is 5. The van der Waals surface area contributed by atoms with Crippen molar-refractivity contribution < 1.29 is 36.7 Å². The lowest BCUT2D eigenvalue weighted by Crippen LogP contribution is -2.47. The molecule has 0 saturated carbocycles. The Hall–Kier alpha value is -5.79. The second kappa shape index (κ2) is 17.9. The number of sulfonamides is 1. The molecule has 1 atom stereocenters. The third-order valence-corrected chi connectivity index (χ3v) is 14.1. The van der Waals surface area contributed by atoms with E-state index in [1.807, 2.05) is 41.3 Å². The van der Waals surface area contributed by atoms with Crippen LogP contribution >= 0.6 is 11.6 Å². The van der Waals surface area contributed by atoms with Crippen molar-refractivity contribution in [2.24, 2.45) is 5.41 Å². The van der Waals surface area contributed by atoms with Crippen LogP contribution < -0.4 is 24.6 Å². The van der Waals surface area contributed by atoms with E-state index in [2.05, 4.69) is 55.8 Å². The summed E-state index contributed by atoms with van der Waals surface area (Å²) in [5, 5.41) is 16.3. The van der Waals surface area contributed by atoms with Gasteiger partial charge < -0.3 is 34.3 Å². The largest absolute Gasteiger partial charge is 0.474 e. The number of aromatic nitrogens is 2. The molecule has 0 unspecified atom stereocenters. The van der Waals surface area contributed by atoms with Gasteiger partial charge in [-0.05, 0) is 90.4 Å². The summed E-state index contributed by atoms with van der Waals surface area (Å²) in [7, 11) is -4.67. The quantitative estimate of drug-likeness (QED) is 0.0819. The third-order valence-electron chi connectivity index (χ3n) is 12.5. The second-order valence-electron chi connectivity index (χ2n) is 17.6. The molecule has 0 spiro atoms. The van der Waals surface area contributed by atoms with Crippen LogP contribution in [0.15, 0.2) is 89.5 Å². The molecule has 1 aliphatic carbocycles. The van der Waals surface area contributed by atoms with E-state index >= 15 is 4.39 Å². The van der Waals surface area contributed by atoms with Gasteiger partial charge in [0, 0.05) is 61.1 Å². The van der Waals surface area contributed by atoms with Gasteiger partial charge in [-0.3, -0.25) is 19.8 Å². The molecule has 16 nitrogen and oxygen atoms in total. The number of nitrogens with one attached hydrogen (secondary N) is 3. The van der Waals surface area contributed by atoms with Crippen LogP contribution in [0.4, 0.5) is 32.8 Å². The van der Waals surface area contributed by atoms with Gasteiger partial charge in [-0.25, -0.2) is 17.5 Å². The maximum Gasteiger partial charge on any atom is 0.293 e. The number of carbonyl (C=O) groups excluding carboxylic acids is 1. The summed E-state index contributed by atoms with van der Waals surface area (Å²) in [6.07, 6.45) is 4.93. The van der Waals surface area contributed by atoms with Crippen molar-refractivity contribution in [3.05, 3.63) is 111 Å². The molecule has 3 aliphatic heterocycles. The zero-order valence-electron chi connectivity index (χ0n) is 36.1. The van der Waals surface area contributed by atoms with Gasteiger partial charge >= 0.3 is 0 Å². The van der Waals surface area contributed by atoms with Crippen LogP contribution in [-0.2, 0) is 19.5 Å². The summed E-state index contributed by atoms with van der Waals surface area (Å²) in [5.74, 6) is -2.82. The molecule has 0 bridgehead atoms. The molecule has 2 saturated heterocycles. The van der Waals surface area contributed by atoms with Crippen LogP contribution in [0.1, 0.15) is 49.0 Å². The lowest BCUT2D eigenvalue weighted by Gasteiger charge is -2.39. The first-order valence-electron chi connectivity index (χ1n) is 21.6. The number of carbonyl (C=O) groups is 1. The van der Waals surface area contributed by atoms with Crippen LogP contribution in [0, 0.1) is 15.5 Å². The summed E-state index contributed by atoms with van der Waals surface area (Å²) in [5.41, 5.74) is 6.07. The predicted molar refractivity (Wildman–Crippen MR) is 247 cm³/mol. The van der Waals surface area contributed by atoms with Crippen LogP contribution in [0.25, 0.3) is 16.6 Å². The van der Waals surface area contributed by atoms with E-state index in [4.69, 9.17) is 25.8 Å². The van der Waals surface area contributed by atoms with Crippen LogP contribution in [-0.4, -0.2) is 112 Å². The van der Waals surface area contributed by atoms with Gasteiger partial charge in [0.15, 0.2) is 0 Å². The number of ether oxygens (including phenoxy) is 3. The Bertz CT molecular complexity index is 2770. The van der Waals surface area contributed by atoms with E-state index in [1.165, 1.54) is 16.7 Å². The molecule has 2 fully saturated rings. The van der Waals surface area contributed by atoms with Gasteiger partial charge in [0.25, 0.3) is 21.6 Å². The van der Waals surface area contributed by atoms with E-state index in [9.17, 15) is 23.3 Å². The molecule has 4 aliphatic rings. The minimum atomic E-state index is -4.67. The topological polar surface area (TPSA) is 185 Å². The molecule has 1 amide bonds. The van der Waals surface area contributed by atoms with E-state index in [1.54, 1.807) is 12.3 Å². The summed E-state index contributed by atoms with van der Waals surface area (Å²) < 4.78 is 61.1. The zero-order valence-corrected chi connectivity index (χ0v) is 37.6. The monoisotopic (exact) mass is 928 g/mol. The van der Waals surface area contributed by atoms with Crippen molar-refractivity contribution in [1.82, 2.24) is 19.6 Å². The highest BCUT2D eigenvalue weighted by Gasteiger charge is 2.36. The standard InChI is InChI=1S/C46H50ClFN8O8S/c1-45(2)13-11-32(37(26-45)30-3-5-33(47)6-4-30)27-53-15-17-54(18-16-53)34-7-9-36(39(24-34)55-19-20-63-44-41(55)23-31-12-14-49-42(31)51-44)43(57)52-65(60,61)35-8-10-38(40(25-35)56(58)59)50-28-46(48)29-62-21-22-64-46/h3-10,12,14,23-25,50H,11,13,15-22,26-29H2,1-2H3,(H,49,51)(H,52,57)/t46-/m0/s1. The average molecular weight is 929 g/mol. The Morgan fingerprint density at radius 3 is 2.54 bits per heavy atom. The summed E-state index contributed by atoms with van der Waals surface area (Å²) in [6, 6.07) is 20.3. The molecule has 19 heteroatoms. The lowest BCUT2D eigenvalue weighted by molar-refractivity contribution is -0.384. The minimum Gasteiger partial charge on any atom is -0.474 e. The van der Waals surface area contributed by atoms with Crippen molar-refractivity contribution in [3.8, 4) is 5.88 Å². The van der Waals surface area contributed by atoms with Crippen LogP contribution in [0.3, 0.4) is 0 Å². The first kappa shape index (κ1) is 44.4. The number of H-pyrrole nitrogens is 1. The molecule has 9 rings (SSSR count). The maximum absolute atomic E-state index is 15.0. The highest BCUT2D eigenvalue weighted by atomic mass is 35.5. The van der Waals surface area contributed by atoms with Gasteiger partial charge in [0.1, 0.15) is 30.2 Å². The molecule has 3 aromatic carbocycles. The van der Waals surface area contributed by atoms with Crippen molar-refractivity contribution in [1.29, 1.82) is 0 Å². The number of halogens is 2. The first-order valence-corrected chi connectivity index (χ1v) is 23.5. The number of nitro groups is 1. The van der Waals surface area contributed by atoms with Crippen molar-refractivity contribution in [3.63, 3.8) is 0 Å². The molecular weight excluding hydrogens is 879 g/mol. The number of rotatable bonds is 12. The number of fused-ring (bicyclic) bond motifs is 2. The average Bonchev–Trinajstić information content (AvgIpc) is 3.76. The van der Waals surface area contributed by atoms with Crippen molar-refractivity contribution >= 4 is 72.6 Å². The summed E-state index contributed by atoms with van der Waals surface area (Å²) >= 11 is 6.26. The molecule has 3 N–H and O–H groups in total. The van der Waals surface area contributed by atoms with Crippen LogP contribution in [0.5, 0.6) is 5.88 Å². The maximum atomic E-state index is 15.0. The fourth-order valence-corrected chi connectivity index (χ4v) is 10.1. The summed E-state index contributed by atoms with van der Waals surface area (Å²) in [6.45, 7) is 8.52. The number of aromatic amines is 1. The number of pyridine rings is 1. The molecule has 0 radical (unpaired) electrons. The summed E-state index contributed by atoms with van der Waals surface area (Å²) in [4.78, 5) is 39.5. The number of piperazine rings is 1. The zero-order chi connectivity index (χ0) is 45.5. The predicted octanol–water partition coefficient (Wildman–Crippen LogP) is 7.68. The van der Waals surface area contributed by atoms with Gasteiger partial charge in [0.2, 0.25) is 11.7 Å². The van der Waals surface area contributed by atoms with Crippen molar-refractivity contribution in [2.45, 2.75) is 43.9 Å². The van der Waals surface area contributed by atoms with E-state index in [-0.39, 0.29) is 43.1 Å². The number of hydrogen-bond acceptors (Lipinski definition) is 13. The lowest BCUT2D eigenvalue weighted by atomic mass is 9.72. The number of anilines is 4. The highest BCUT2D eigenvalue weighted by molar-refractivity contribution is 7.90. The Labute approximate surface area is 380 Å². The van der Waals surface area contributed by atoms with Crippen LogP contribution in [0.2, 0.25) is 5.02 Å². The highest BCUT2D eigenvalue weighted by Crippen LogP contribution is 2.44. The first-order chi connectivity index (χ1) is 31.1. The van der Waals surface area contributed by atoms with E-state index in [0.29, 0.717) is 29.4 Å². The Balaban J connectivity index is 0.976. The van der Waals surface area contributed by atoms with Crippen molar-refractivity contribution in [2.75, 3.05) is 87.4 Å². The number of amides is 1. The molecular formula is C46H50ClFN8O8S. The minimum absolute atomic E-state index is 0.00951. The Kier molecular flexibility index (Phi) is 12.2. The molecule has 342 valence electrons. The van der Waals surface area contributed by atoms with Gasteiger partial charge in [0.05, 0.1) is 47.4 Å². The molecule has 65 heavy (non-hydrogen) atoms. The Morgan fingerprint density at radius 1 is 0.985 bits per heavy atom. The molecule has 5 aromatic rings. The van der Waals surface area contributed by atoms with Gasteiger partial charge in [-0.2, -0.15) is 4.98 Å². The second-order valence-corrected chi connectivity index (χ2v) is 19.8. The molecule has 5 heterocycles. The Morgan fingerprint density at radius 2 is 1.78 bits per heavy atom. The fourth-order valence-electron chi connectivity index (χ4n) is 8.98. The SMILES string of the molecule is CC1(C)CCC(CN2CCN(c3ccc(C(=O)NS(=O)(=O)c4ccc(NC[C@@]5(F)COCCO5)c([N+](=O)[O-])c4)c(N4CCOc5nc6[nH]ccc6cc54)c3)CC2)=C(c2ccc(Cl)cc2)C1. The number of benzene rings is 3. The molecule has 2 aromatic heterocycles. The van der Waals surface area contributed by atoms with E-state index < -0.39 is 43.8 Å².